The number of aromatic nitrogens is 2. The Balaban J connectivity index is 1.37. The van der Waals surface area contributed by atoms with Crippen LogP contribution < -0.4 is 15.4 Å². The van der Waals surface area contributed by atoms with Crippen LogP contribution in [0.2, 0.25) is 0 Å². The van der Waals surface area contributed by atoms with Crippen LogP contribution in [-0.4, -0.2) is 51.4 Å². The van der Waals surface area contributed by atoms with Crippen LogP contribution in [0, 0.1) is 5.92 Å². The lowest BCUT2D eigenvalue weighted by Gasteiger charge is -2.42. The van der Waals surface area contributed by atoms with E-state index in [1.807, 2.05) is 43.9 Å². The maximum absolute atomic E-state index is 13.2. The number of carbonyl (C=O) groups excluding carboxylic acids is 2. The van der Waals surface area contributed by atoms with Gasteiger partial charge in [0.25, 0.3) is 0 Å². The summed E-state index contributed by atoms with van der Waals surface area (Å²) < 4.78 is 6.60. The van der Waals surface area contributed by atoms with Gasteiger partial charge in [-0.25, -0.2) is 9.78 Å². The number of hydrogen-bond acceptors (Lipinski definition) is 7. The SMILES string of the molecule is CC(C)(C)N(C(=O)Oc1ccc(Nc2c(C(=O)C3CC3)cnc3ccc(Br)cc23)cn1)[C@@H]1CCCNC1. The molecule has 8 nitrogen and oxygen atoms in total. The van der Waals surface area contributed by atoms with E-state index >= 15 is 0 Å². The number of fused-ring (bicyclic) bond motifs is 1. The summed E-state index contributed by atoms with van der Waals surface area (Å²) in [6.45, 7) is 7.77. The molecule has 0 radical (unpaired) electrons. The molecule has 2 fully saturated rings. The lowest BCUT2D eigenvalue weighted by molar-refractivity contribution is 0.0655. The van der Waals surface area contributed by atoms with E-state index in [0.29, 0.717) is 16.9 Å². The molecule has 3 heterocycles. The molecule has 194 valence electrons. The Kier molecular flexibility index (Phi) is 7.18. The third-order valence-electron chi connectivity index (χ3n) is 6.80. The van der Waals surface area contributed by atoms with Gasteiger partial charge in [0.2, 0.25) is 5.88 Å². The number of carbonyl (C=O) groups is 2. The summed E-state index contributed by atoms with van der Waals surface area (Å²) in [4.78, 5) is 36.9. The number of nitrogens with one attached hydrogen (secondary N) is 2. The highest BCUT2D eigenvalue weighted by molar-refractivity contribution is 9.10. The molecule has 1 aliphatic heterocycles. The van der Waals surface area contributed by atoms with Crippen LogP contribution in [0.25, 0.3) is 10.9 Å². The zero-order valence-corrected chi connectivity index (χ0v) is 23.0. The molecule has 1 saturated carbocycles. The molecule has 2 aromatic heterocycles. The van der Waals surface area contributed by atoms with Crippen LogP contribution >= 0.6 is 15.9 Å². The summed E-state index contributed by atoms with van der Waals surface area (Å²) in [5.41, 5.74) is 2.37. The van der Waals surface area contributed by atoms with Gasteiger partial charge < -0.3 is 15.4 Å². The Morgan fingerprint density at radius 1 is 1.11 bits per heavy atom. The van der Waals surface area contributed by atoms with Gasteiger partial charge in [-0.15, -0.1) is 0 Å². The number of rotatable bonds is 6. The Morgan fingerprint density at radius 2 is 1.92 bits per heavy atom. The van der Waals surface area contributed by atoms with E-state index in [2.05, 4.69) is 36.5 Å². The first-order valence-corrected chi connectivity index (χ1v) is 13.6. The summed E-state index contributed by atoms with van der Waals surface area (Å²) in [7, 11) is 0. The number of nitrogens with zero attached hydrogens (tertiary/aromatic N) is 3. The minimum absolute atomic E-state index is 0.0667. The first-order chi connectivity index (χ1) is 17.7. The van der Waals surface area contributed by atoms with E-state index in [1.54, 1.807) is 24.5 Å². The highest BCUT2D eigenvalue weighted by Gasteiger charge is 2.36. The average molecular weight is 566 g/mol. The van der Waals surface area contributed by atoms with Gasteiger partial charge in [0.15, 0.2) is 5.78 Å². The standard InChI is InChI=1S/C28H32BrN5O3/c1-28(2,3)34(20-5-4-12-30-15-20)27(36)37-24-11-9-19(14-32-24)33-25-21-13-18(29)8-10-23(21)31-16-22(25)26(35)17-6-7-17/h8-11,13-14,16-17,20,30H,4-7,12,15H2,1-3H3,(H,31,33)/t20-/m1/s1. The molecule has 5 rings (SSSR count). The molecule has 3 aromatic rings. The minimum atomic E-state index is -0.406. The lowest BCUT2D eigenvalue weighted by Crippen LogP contribution is -2.57. The Bertz CT molecular complexity index is 1310. The van der Waals surface area contributed by atoms with Gasteiger partial charge in [-0.1, -0.05) is 15.9 Å². The Hall–Kier alpha value is -3.04. The molecule has 37 heavy (non-hydrogen) atoms. The Morgan fingerprint density at radius 3 is 2.57 bits per heavy atom. The number of Topliss-reactive ketones (excluding diaryl/α,β-unsaturated/α-hetero) is 1. The van der Waals surface area contributed by atoms with Gasteiger partial charge in [0, 0.05) is 46.2 Å². The van der Waals surface area contributed by atoms with Crippen molar-refractivity contribution in [3.05, 3.63) is 52.8 Å². The summed E-state index contributed by atoms with van der Waals surface area (Å²) >= 11 is 3.53. The summed E-state index contributed by atoms with van der Waals surface area (Å²) in [6, 6.07) is 9.34. The fraction of sp³-hybridized carbons (Fsp3) is 0.429. The zero-order valence-electron chi connectivity index (χ0n) is 21.4. The van der Waals surface area contributed by atoms with Gasteiger partial charge in [0.1, 0.15) is 0 Å². The summed E-state index contributed by atoms with van der Waals surface area (Å²) in [6.07, 6.45) is 6.66. The predicted octanol–water partition coefficient (Wildman–Crippen LogP) is 6.08. The van der Waals surface area contributed by atoms with E-state index in [4.69, 9.17) is 4.74 Å². The van der Waals surface area contributed by atoms with Crippen LogP contribution in [0.4, 0.5) is 16.2 Å². The van der Waals surface area contributed by atoms with Gasteiger partial charge in [0.05, 0.1) is 28.7 Å². The maximum Gasteiger partial charge on any atom is 0.417 e. The first kappa shape index (κ1) is 25.6. The van der Waals surface area contributed by atoms with Crippen molar-refractivity contribution in [1.82, 2.24) is 20.2 Å². The first-order valence-electron chi connectivity index (χ1n) is 12.8. The summed E-state index contributed by atoms with van der Waals surface area (Å²) in [5.74, 6) is 0.400. The number of halogens is 1. The molecular formula is C28H32BrN5O3. The number of anilines is 2. The van der Waals surface area contributed by atoms with Gasteiger partial charge >= 0.3 is 6.09 Å². The number of ketones is 1. The van der Waals surface area contributed by atoms with Crippen LogP contribution in [0.15, 0.2) is 47.2 Å². The molecule has 1 aliphatic carbocycles. The summed E-state index contributed by atoms with van der Waals surface area (Å²) in [5, 5.41) is 7.60. The molecule has 2 aliphatic rings. The van der Waals surface area contributed by atoms with Crippen molar-refractivity contribution < 1.29 is 14.3 Å². The highest BCUT2D eigenvalue weighted by atomic mass is 79.9. The molecule has 1 aromatic carbocycles. The van der Waals surface area contributed by atoms with Crippen molar-refractivity contribution in [2.45, 2.75) is 58.0 Å². The van der Waals surface area contributed by atoms with E-state index in [1.165, 1.54) is 0 Å². The van der Waals surface area contributed by atoms with Crippen molar-refractivity contribution >= 4 is 50.1 Å². The van der Waals surface area contributed by atoms with Gasteiger partial charge in [-0.3, -0.25) is 14.7 Å². The van der Waals surface area contributed by atoms with Crippen LogP contribution in [0.3, 0.4) is 0 Å². The number of amides is 1. The fourth-order valence-corrected chi connectivity index (χ4v) is 5.23. The zero-order chi connectivity index (χ0) is 26.2. The van der Waals surface area contributed by atoms with Crippen molar-refractivity contribution in [2.24, 2.45) is 5.92 Å². The smallest absolute Gasteiger partial charge is 0.391 e. The fourth-order valence-electron chi connectivity index (χ4n) is 4.87. The molecule has 2 N–H and O–H groups in total. The molecule has 1 saturated heterocycles. The predicted molar refractivity (Wildman–Crippen MR) is 148 cm³/mol. The molecule has 1 atom stereocenters. The van der Waals surface area contributed by atoms with Crippen molar-refractivity contribution in [3.63, 3.8) is 0 Å². The highest BCUT2D eigenvalue weighted by Crippen LogP contribution is 2.38. The quantitative estimate of drug-likeness (QED) is 0.349. The van der Waals surface area contributed by atoms with E-state index < -0.39 is 6.09 Å². The second-order valence-electron chi connectivity index (χ2n) is 10.8. The molecule has 0 bridgehead atoms. The van der Waals surface area contributed by atoms with Crippen LogP contribution in [0.1, 0.15) is 56.8 Å². The largest absolute Gasteiger partial charge is 0.417 e. The minimum Gasteiger partial charge on any atom is -0.391 e. The lowest BCUT2D eigenvalue weighted by atomic mass is 9.99. The molecule has 0 spiro atoms. The molecule has 0 unspecified atom stereocenters. The number of benzene rings is 1. The molecule has 1 amide bonds. The van der Waals surface area contributed by atoms with E-state index in [9.17, 15) is 9.59 Å². The second-order valence-corrected chi connectivity index (χ2v) is 11.7. The normalized spacial score (nSPS) is 17.9. The molecule has 9 heteroatoms. The van der Waals surface area contributed by atoms with Crippen molar-refractivity contribution in [3.8, 4) is 5.88 Å². The second kappa shape index (κ2) is 10.4. The van der Waals surface area contributed by atoms with E-state index in [0.717, 1.165) is 54.1 Å². The number of piperidine rings is 1. The van der Waals surface area contributed by atoms with Crippen LogP contribution in [-0.2, 0) is 0 Å². The number of pyridine rings is 2. The average Bonchev–Trinajstić information content (AvgIpc) is 3.71. The van der Waals surface area contributed by atoms with Crippen molar-refractivity contribution in [2.75, 3.05) is 18.4 Å². The van der Waals surface area contributed by atoms with Gasteiger partial charge in [-0.2, -0.15) is 0 Å². The number of hydrogen-bond donors (Lipinski definition) is 2. The maximum atomic E-state index is 13.2. The third kappa shape index (κ3) is 5.78. The number of ether oxygens (including phenoxy) is 1. The molecular weight excluding hydrogens is 534 g/mol. The third-order valence-corrected chi connectivity index (χ3v) is 7.29. The van der Waals surface area contributed by atoms with Crippen LogP contribution in [0.5, 0.6) is 5.88 Å². The monoisotopic (exact) mass is 565 g/mol. The van der Waals surface area contributed by atoms with Gasteiger partial charge in [-0.05, 0) is 77.3 Å². The topological polar surface area (TPSA) is 96.5 Å². The van der Waals surface area contributed by atoms with Crippen molar-refractivity contribution in [1.29, 1.82) is 0 Å². The Labute approximate surface area is 225 Å². The van der Waals surface area contributed by atoms with E-state index in [-0.39, 0.29) is 29.2 Å².